The molecule has 0 bridgehead atoms. The quantitative estimate of drug-likeness (QED) is 0.716. The first-order valence-electron chi connectivity index (χ1n) is 6.79. The van der Waals surface area contributed by atoms with Gasteiger partial charge in [-0.3, -0.25) is 4.79 Å². The molecule has 7 heteroatoms. The molecule has 2 rings (SSSR count). The second-order valence-electron chi connectivity index (χ2n) is 6.09. The van der Waals surface area contributed by atoms with Gasteiger partial charge in [-0.15, -0.1) is 11.6 Å². The number of halogens is 5. The molecular formula is C15H16BrClF3NO. The Balaban J connectivity index is 2.14. The highest BCUT2D eigenvalue weighted by atomic mass is 79.9. The minimum Gasteiger partial charge on any atom is -0.349 e. The zero-order chi connectivity index (χ0) is 16.8. The lowest BCUT2D eigenvalue weighted by atomic mass is 9.60. The lowest BCUT2D eigenvalue weighted by molar-refractivity contribution is -0.249. The van der Waals surface area contributed by atoms with Gasteiger partial charge in [-0.25, -0.2) is 0 Å². The minimum absolute atomic E-state index is 0.399. The fraction of sp³-hybridized carbons (Fsp3) is 0.533. The van der Waals surface area contributed by atoms with Crippen LogP contribution in [-0.2, 0) is 4.79 Å². The molecule has 1 amide bonds. The summed E-state index contributed by atoms with van der Waals surface area (Å²) in [5.74, 6) is -1.01. The Morgan fingerprint density at radius 3 is 2.23 bits per heavy atom. The molecule has 22 heavy (non-hydrogen) atoms. The zero-order valence-electron chi connectivity index (χ0n) is 12.1. The van der Waals surface area contributed by atoms with Crippen molar-refractivity contribution in [1.82, 2.24) is 5.32 Å². The van der Waals surface area contributed by atoms with E-state index >= 15 is 0 Å². The molecule has 1 saturated carbocycles. The van der Waals surface area contributed by atoms with E-state index in [1.165, 1.54) is 6.92 Å². The maximum absolute atomic E-state index is 13.3. The van der Waals surface area contributed by atoms with Crippen LogP contribution in [-0.4, -0.2) is 17.0 Å². The maximum Gasteiger partial charge on any atom is 0.403 e. The van der Waals surface area contributed by atoms with Crippen LogP contribution in [0.5, 0.6) is 0 Å². The molecule has 1 aliphatic rings. The molecular weight excluding hydrogens is 383 g/mol. The summed E-state index contributed by atoms with van der Waals surface area (Å²) in [4.78, 5) is 11.3. The van der Waals surface area contributed by atoms with Crippen LogP contribution in [0.25, 0.3) is 0 Å². The normalized spacial score (nSPS) is 29.6. The second kappa shape index (κ2) is 5.71. The van der Waals surface area contributed by atoms with Gasteiger partial charge in [0, 0.05) is 9.35 Å². The molecule has 1 atom stereocenters. The first-order chi connectivity index (χ1) is 9.97. The summed E-state index contributed by atoms with van der Waals surface area (Å²) in [5, 5.41) is 2.47. The number of alkyl halides is 4. The van der Waals surface area contributed by atoms with E-state index in [0.717, 1.165) is 10.0 Å². The highest BCUT2D eigenvalue weighted by Crippen LogP contribution is 2.60. The summed E-state index contributed by atoms with van der Waals surface area (Å²) in [6.45, 7) is 3.17. The third kappa shape index (κ3) is 3.27. The first kappa shape index (κ1) is 17.6. The van der Waals surface area contributed by atoms with Gasteiger partial charge < -0.3 is 5.32 Å². The van der Waals surface area contributed by atoms with E-state index in [1.807, 2.05) is 0 Å². The number of carbonyl (C=O) groups is 1. The highest BCUT2D eigenvalue weighted by molar-refractivity contribution is 9.10. The van der Waals surface area contributed by atoms with E-state index in [2.05, 4.69) is 21.2 Å². The van der Waals surface area contributed by atoms with E-state index in [1.54, 1.807) is 31.2 Å². The fourth-order valence-electron chi connectivity index (χ4n) is 2.87. The Morgan fingerprint density at radius 1 is 1.32 bits per heavy atom. The summed E-state index contributed by atoms with van der Waals surface area (Å²) in [6.07, 6.45) is -5.40. The Kier molecular flexibility index (Phi) is 4.57. The molecule has 0 spiro atoms. The molecule has 0 heterocycles. The van der Waals surface area contributed by atoms with Crippen molar-refractivity contribution in [3.8, 4) is 0 Å². The van der Waals surface area contributed by atoms with Crippen molar-refractivity contribution >= 4 is 33.4 Å². The van der Waals surface area contributed by atoms with Gasteiger partial charge in [-0.2, -0.15) is 13.2 Å². The van der Waals surface area contributed by atoms with Gasteiger partial charge in [0.15, 0.2) is 0 Å². The van der Waals surface area contributed by atoms with Crippen LogP contribution in [0.4, 0.5) is 13.2 Å². The summed E-state index contributed by atoms with van der Waals surface area (Å²) in [5.41, 5.74) is -1.64. The largest absolute Gasteiger partial charge is 0.403 e. The van der Waals surface area contributed by atoms with Gasteiger partial charge in [0.1, 0.15) is 5.41 Å². The van der Waals surface area contributed by atoms with Gasteiger partial charge >= 0.3 is 6.18 Å². The molecule has 1 unspecified atom stereocenters. The predicted molar refractivity (Wildman–Crippen MR) is 82.7 cm³/mol. The lowest BCUT2D eigenvalue weighted by Crippen LogP contribution is -2.62. The third-order valence-electron chi connectivity index (χ3n) is 4.04. The lowest BCUT2D eigenvalue weighted by Gasteiger charge is -2.50. The van der Waals surface area contributed by atoms with Crippen molar-refractivity contribution in [1.29, 1.82) is 0 Å². The van der Waals surface area contributed by atoms with Crippen LogP contribution >= 0.6 is 27.5 Å². The van der Waals surface area contributed by atoms with Crippen LogP contribution in [0.2, 0.25) is 0 Å². The van der Waals surface area contributed by atoms with Gasteiger partial charge in [0.2, 0.25) is 5.91 Å². The number of amides is 1. The fourth-order valence-corrected chi connectivity index (χ4v) is 3.59. The Bertz CT molecular complexity index is 563. The summed E-state index contributed by atoms with van der Waals surface area (Å²) < 4.78 is 40.8. The molecule has 0 aromatic heterocycles. The van der Waals surface area contributed by atoms with Crippen LogP contribution in [0, 0.1) is 5.41 Å². The number of benzene rings is 1. The molecule has 1 N–H and O–H groups in total. The number of hydrogen-bond acceptors (Lipinski definition) is 1. The second-order valence-corrected chi connectivity index (χ2v) is 7.92. The Hall–Kier alpha value is -0.750. The monoisotopic (exact) mass is 397 g/mol. The van der Waals surface area contributed by atoms with Crippen LogP contribution < -0.4 is 5.32 Å². The van der Waals surface area contributed by atoms with Crippen LogP contribution in [0.15, 0.2) is 28.7 Å². The van der Waals surface area contributed by atoms with E-state index < -0.39 is 41.3 Å². The molecule has 0 aliphatic heterocycles. The SMILES string of the molecule is CC(NC(=O)[C@]1(C(F)(F)F)C[C@](C)(Cl)C1)c1ccc(Br)cc1. The summed E-state index contributed by atoms with van der Waals surface area (Å²) in [6, 6.07) is 6.54. The van der Waals surface area contributed by atoms with Crippen LogP contribution in [0.1, 0.15) is 38.3 Å². The van der Waals surface area contributed by atoms with Crippen molar-refractivity contribution in [2.75, 3.05) is 0 Å². The number of hydrogen-bond donors (Lipinski definition) is 1. The maximum atomic E-state index is 13.3. The average Bonchev–Trinajstić information content (AvgIpc) is 2.34. The summed E-state index contributed by atoms with van der Waals surface area (Å²) in [7, 11) is 0. The van der Waals surface area contributed by atoms with E-state index in [-0.39, 0.29) is 0 Å². The summed E-state index contributed by atoms with van der Waals surface area (Å²) >= 11 is 9.21. The smallest absolute Gasteiger partial charge is 0.349 e. The number of carbonyl (C=O) groups excluding carboxylic acids is 1. The molecule has 1 fully saturated rings. The van der Waals surface area contributed by atoms with Gasteiger partial charge in [0.25, 0.3) is 0 Å². The van der Waals surface area contributed by atoms with Crippen molar-refractivity contribution in [2.45, 2.75) is 43.8 Å². The Labute approximate surface area is 140 Å². The number of rotatable bonds is 3. The molecule has 1 aromatic rings. The van der Waals surface area contributed by atoms with Crippen molar-refractivity contribution < 1.29 is 18.0 Å². The first-order valence-corrected chi connectivity index (χ1v) is 7.96. The number of nitrogens with one attached hydrogen (secondary N) is 1. The van der Waals surface area contributed by atoms with E-state index in [4.69, 9.17) is 11.6 Å². The van der Waals surface area contributed by atoms with Crippen LogP contribution in [0.3, 0.4) is 0 Å². The van der Waals surface area contributed by atoms with Crippen molar-refractivity contribution in [2.24, 2.45) is 5.41 Å². The van der Waals surface area contributed by atoms with E-state index in [9.17, 15) is 18.0 Å². The standard InChI is InChI=1S/C15H16BrClF3NO/c1-9(10-3-5-11(16)6-4-10)21-12(22)14(15(18,19)20)7-13(2,17)8-14/h3-6,9H,7-8H2,1-2H3,(H,21,22)/t9?,13-,14-. The third-order valence-corrected chi connectivity index (χ3v) is 4.83. The van der Waals surface area contributed by atoms with Gasteiger partial charge in [0.05, 0.1) is 6.04 Å². The topological polar surface area (TPSA) is 29.1 Å². The van der Waals surface area contributed by atoms with E-state index in [0.29, 0.717) is 0 Å². The van der Waals surface area contributed by atoms with Gasteiger partial charge in [-0.1, -0.05) is 28.1 Å². The predicted octanol–water partition coefficient (Wildman–Crippen LogP) is 4.97. The molecule has 0 radical (unpaired) electrons. The molecule has 2 nitrogen and oxygen atoms in total. The van der Waals surface area contributed by atoms with Crippen molar-refractivity contribution in [3.05, 3.63) is 34.3 Å². The van der Waals surface area contributed by atoms with Crippen molar-refractivity contribution in [3.63, 3.8) is 0 Å². The molecule has 0 saturated heterocycles. The zero-order valence-corrected chi connectivity index (χ0v) is 14.4. The van der Waals surface area contributed by atoms with Gasteiger partial charge in [-0.05, 0) is 44.4 Å². The highest BCUT2D eigenvalue weighted by Gasteiger charge is 2.70. The molecule has 122 valence electrons. The Morgan fingerprint density at radius 2 is 1.82 bits per heavy atom. The molecule has 1 aromatic carbocycles. The minimum atomic E-state index is -4.61. The molecule has 1 aliphatic carbocycles. The average molecular weight is 399 g/mol.